The number of carboxylic acids is 1. The van der Waals surface area contributed by atoms with Gasteiger partial charge in [-0.1, -0.05) is 24.3 Å². The van der Waals surface area contributed by atoms with Gasteiger partial charge in [-0.2, -0.15) is 0 Å². The summed E-state index contributed by atoms with van der Waals surface area (Å²) in [4.78, 5) is 27.5. The van der Waals surface area contributed by atoms with E-state index in [2.05, 4.69) is 10.2 Å². The van der Waals surface area contributed by atoms with Crippen molar-refractivity contribution in [3.05, 3.63) is 35.4 Å². The summed E-state index contributed by atoms with van der Waals surface area (Å²) < 4.78 is 5.06. The van der Waals surface area contributed by atoms with Crippen LogP contribution >= 0.6 is 0 Å². The number of nitrogens with one attached hydrogen (secondary N) is 1. The molecule has 0 aliphatic rings. The van der Waals surface area contributed by atoms with Crippen molar-refractivity contribution in [2.75, 3.05) is 0 Å². The molecule has 0 heterocycles. The van der Waals surface area contributed by atoms with Crippen LogP contribution < -0.4 is 11.2 Å². The molecule has 0 fully saturated rings. The van der Waals surface area contributed by atoms with Crippen LogP contribution in [0.4, 0.5) is 4.79 Å². The highest BCUT2D eigenvalue weighted by Crippen LogP contribution is 2.10. The van der Waals surface area contributed by atoms with E-state index in [0.717, 1.165) is 11.1 Å². The van der Waals surface area contributed by atoms with Crippen molar-refractivity contribution in [1.82, 2.24) is 5.32 Å². The van der Waals surface area contributed by atoms with Crippen LogP contribution in [0.5, 0.6) is 0 Å². The van der Waals surface area contributed by atoms with E-state index in [9.17, 15) is 14.7 Å². The van der Waals surface area contributed by atoms with Crippen LogP contribution in [0, 0.1) is 0 Å². The Kier molecular flexibility index (Phi) is 6.33. The molecular formula is C15H22N2O5. The number of hydrogen-bond donors (Lipinski definition) is 3. The highest BCUT2D eigenvalue weighted by atomic mass is 16.6. The Labute approximate surface area is 129 Å². The number of rotatable bonds is 6. The van der Waals surface area contributed by atoms with E-state index in [4.69, 9.17) is 10.6 Å². The van der Waals surface area contributed by atoms with Gasteiger partial charge in [-0.25, -0.2) is 15.5 Å². The lowest BCUT2D eigenvalue weighted by molar-refractivity contribution is -0.139. The molecule has 4 N–H and O–H groups in total. The summed E-state index contributed by atoms with van der Waals surface area (Å²) in [5.74, 6) is 3.86. The van der Waals surface area contributed by atoms with E-state index in [-0.39, 0.29) is 13.0 Å². The van der Waals surface area contributed by atoms with E-state index in [1.165, 1.54) is 0 Å². The summed E-state index contributed by atoms with van der Waals surface area (Å²) in [6.07, 6.45) is -0.605. The number of aliphatic carboxylic acids is 1. The number of hydrogen-bond acceptors (Lipinski definition) is 5. The van der Waals surface area contributed by atoms with E-state index in [1.807, 2.05) is 0 Å². The van der Waals surface area contributed by atoms with Gasteiger partial charge in [0.15, 0.2) is 0 Å². The molecule has 0 aliphatic carbocycles. The predicted octanol–water partition coefficient (Wildman–Crippen LogP) is 1.60. The fourth-order valence-corrected chi connectivity index (χ4v) is 1.75. The lowest BCUT2D eigenvalue weighted by Gasteiger charge is -2.22. The third-order valence-electron chi connectivity index (χ3n) is 2.70. The fourth-order valence-electron chi connectivity index (χ4n) is 1.75. The fraction of sp³-hybridized carbons (Fsp3) is 0.467. The molecule has 1 aromatic carbocycles. The van der Waals surface area contributed by atoms with Crippen molar-refractivity contribution < 1.29 is 24.3 Å². The van der Waals surface area contributed by atoms with Crippen molar-refractivity contribution in [3.8, 4) is 0 Å². The monoisotopic (exact) mass is 310 g/mol. The van der Waals surface area contributed by atoms with Crippen LogP contribution in [-0.2, 0) is 27.4 Å². The van der Waals surface area contributed by atoms with Crippen molar-refractivity contribution in [3.63, 3.8) is 0 Å². The van der Waals surface area contributed by atoms with Crippen molar-refractivity contribution >= 4 is 12.1 Å². The molecule has 1 amide bonds. The molecule has 1 atom stereocenters. The maximum Gasteiger partial charge on any atom is 0.408 e. The van der Waals surface area contributed by atoms with Crippen LogP contribution in [0.25, 0.3) is 0 Å². The molecule has 1 aromatic rings. The van der Waals surface area contributed by atoms with Gasteiger partial charge in [0.2, 0.25) is 0 Å². The van der Waals surface area contributed by atoms with Crippen molar-refractivity contribution in [2.24, 2.45) is 5.90 Å². The van der Waals surface area contributed by atoms with Crippen LogP contribution in [0.1, 0.15) is 31.9 Å². The molecule has 1 unspecified atom stereocenters. The van der Waals surface area contributed by atoms with Gasteiger partial charge in [0.25, 0.3) is 0 Å². The molecule has 0 saturated heterocycles. The molecule has 122 valence electrons. The van der Waals surface area contributed by atoms with E-state index >= 15 is 0 Å². The minimum absolute atomic E-state index is 0.151. The lowest BCUT2D eigenvalue weighted by atomic mass is 10.0. The highest BCUT2D eigenvalue weighted by molar-refractivity contribution is 5.80. The molecular weight excluding hydrogens is 288 g/mol. The highest BCUT2D eigenvalue weighted by Gasteiger charge is 2.24. The number of carbonyl (C=O) groups excluding carboxylic acids is 1. The van der Waals surface area contributed by atoms with Crippen LogP contribution in [0.2, 0.25) is 0 Å². The Morgan fingerprint density at radius 2 is 1.77 bits per heavy atom. The number of alkyl carbamates (subject to hydrolysis) is 1. The first-order valence-corrected chi connectivity index (χ1v) is 6.83. The Balaban J connectivity index is 2.68. The zero-order valence-corrected chi connectivity index (χ0v) is 13.0. The van der Waals surface area contributed by atoms with Crippen LogP contribution in [0.3, 0.4) is 0 Å². The maximum atomic E-state index is 11.7. The summed E-state index contributed by atoms with van der Waals surface area (Å²) in [5.41, 5.74) is 0.958. The topological polar surface area (TPSA) is 111 Å². The van der Waals surface area contributed by atoms with E-state index in [0.29, 0.717) is 0 Å². The lowest BCUT2D eigenvalue weighted by Crippen LogP contribution is -2.44. The summed E-state index contributed by atoms with van der Waals surface area (Å²) in [5, 5.41) is 11.6. The number of carboxylic acid groups (broad SMARTS) is 1. The summed E-state index contributed by atoms with van der Waals surface area (Å²) in [7, 11) is 0. The smallest absolute Gasteiger partial charge is 0.408 e. The minimum atomic E-state index is -1.12. The summed E-state index contributed by atoms with van der Waals surface area (Å²) in [6.45, 7) is 5.40. The average Bonchev–Trinajstić information content (AvgIpc) is 2.38. The Morgan fingerprint density at radius 1 is 1.23 bits per heavy atom. The molecule has 0 aliphatic heterocycles. The van der Waals surface area contributed by atoms with E-state index in [1.54, 1.807) is 45.0 Å². The Hall–Kier alpha value is -2.12. The molecule has 0 bridgehead atoms. The number of nitrogens with two attached hydrogens (primary N) is 1. The summed E-state index contributed by atoms with van der Waals surface area (Å²) in [6, 6.07) is 6.04. The first-order chi connectivity index (χ1) is 10.2. The van der Waals surface area contributed by atoms with Crippen LogP contribution in [0.15, 0.2) is 24.3 Å². The molecule has 7 heteroatoms. The van der Waals surface area contributed by atoms with Crippen LogP contribution in [-0.4, -0.2) is 28.8 Å². The average molecular weight is 310 g/mol. The SMILES string of the molecule is CC(C)(C)OC(=O)NC(Cc1ccc(CON)cc1)C(=O)O. The van der Waals surface area contributed by atoms with Gasteiger partial charge < -0.3 is 15.2 Å². The second-order valence-corrected chi connectivity index (χ2v) is 5.87. The first kappa shape index (κ1) is 17.9. The molecule has 0 spiro atoms. The number of ether oxygens (including phenoxy) is 1. The Morgan fingerprint density at radius 3 is 2.23 bits per heavy atom. The molecule has 0 radical (unpaired) electrons. The second kappa shape index (κ2) is 7.77. The molecule has 22 heavy (non-hydrogen) atoms. The number of amides is 1. The molecule has 7 nitrogen and oxygen atoms in total. The van der Waals surface area contributed by atoms with E-state index < -0.39 is 23.7 Å². The zero-order chi connectivity index (χ0) is 16.8. The third-order valence-corrected chi connectivity index (χ3v) is 2.70. The number of benzene rings is 1. The van der Waals surface area contributed by atoms with Gasteiger partial charge in [0.1, 0.15) is 11.6 Å². The Bertz CT molecular complexity index is 508. The van der Waals surface area contributed by atoms with Gasteiger partial charge in [-0.05, 0) is 31.9 Å². The third kappa shape index (κ3) is 6.55. The zero-order valence-electron chi connectivity index (χ0n) is 13.0. The largest absolute Gasteiger partial charge is 0.480 e. The molecule has 1 rings (SSSR count). The van der Waals surface area contributed by atoms with Gasteiger partial charge in [-0.15, -0.1) is 0 Å². The second-order valence-electron chi connectivity index (χ2n) is 5.87. The quantitative estimate of drug-likeness (QED) is 0.688. The van der Waals surface area contributed by atoms with Gasteiger partial charge in [0, 0.05) is 6.42 Å². The van der Waals surface area contributed by atoms with Crippen molar-refractivity contribution in [2.45, 2.75) is 45.4 Å². The summed E-state index contributed by atoms with van der Waals surface area (Å²) >= 11 is 0. The van der Waals surface area contributed by atoms with Gasteiger partial charge >= 0.3 is 12.1 Å². The molecule has 0 aromatic heterocycles. The van der Waals surface area contributed by atoms with Crippen molar-refractivity contribution in [1.29, 1.82) is 0 Å². The van der Waals surface area contributed by atoms with Gasteiger partial charge in [0.05, 0.1) is 6.61 Å². The standard InChI is InChI=1S/C15H22N2O5/c1-15(2,3)22-14(20)17-12(13(18)19)8-10-4-6-11(7-5-10)9-21-16/h4-7,12H,8-9,16H2,1-3H3,(H,17,20)(H,18,19). The number of carbonyl (C=O) groups is 2. The molecule has 0 saturated carbocycles. The maximum absolute atomic E-state index is 11.7. The van der Waals surface area contributed by atoms with Gasteiger partial charge in [-0.3, -0.25) is 4.84 Å². The normalized spacial score (nSPS) is 12.5. The first-order valence-electron chi connectivity index (χ1n) is 6.83. The predicted molar refractivity (Wildman–Crippen MR) is 79.9 cm³/mol. The minimum Gasteiger partial charge on any atom is -0.480 e.